The molecule has 1 aromatic heterocycles. The number of rotatable bonds is 8. The van der Waals surface area contributed by atoms with Crippen molar-refractivity contribution in [3.05, 3.63) is 101 Å². The third-order valence-corrected chi connectivity index (χ3v) is 7.30. The van der Waals surface area contributed by atoms with E-state index in [-0.39, 0.29) is 12.0 Å². The number of hydrogen-bond acceptors (Lipinski definition) is 6. The third-order valence-electron chi connectivity index (χ3n) is 5.92. The van der Waals surface area contributed by atoms with Crippen molar-refractivity contribution in [2.75, 3.05) is 7.11 Å². The fraction of sp³-hybridized carbons (Fsp3) is 0.167. The predicted molar refractivity (Wildman–Crippen MR) is 156 cm³/mol. The molecule has 2 heterocycles. The number of nitrogens with zero attached hydrogens (tertiary/aromatic N) is 3. The lowest BCUT2D eigenvalue weighted by molar-refractivity contribution is -0.122. The number of aromatic nitrogens is 2. The first kappa shape index (κ1) is 25.8. The van der Waals surface area contributed by atoms with Crippen LogP contribution in [0, 0.1) is 0 Å². The first-order valence-corrected chi connectivity index (χ1v) is 13.4. The number of thioether (sulfide) groups is 1. The number of ether oxygens (including phenoxy) is 2. The number of hydrogen-bond donors (Lipinski definition) is 0. The van der Waals surface area contributed by atoms with Gasteiger partial charge in [-0.15, -0.1) is 0 Å². The van der Waals surface area contributed by atoms with Gasteiger partial charge in [0.05, 0.1) is 36.0 Å². The number of amides is 1. The zero-order valence-electron chi connectivity index (χ0n) is 21.3. The maximum Gasteiger partial charge on any atom is 0.266 e. The summed E-state index contributed by atoms with van der Waals surface area (Å²) < 4.78 is 13.4. The van der Waals surface area contributed by atoms with E-state index < -0.39 is 0 Å². The van der Waals surface area contributed by atoms with E-state index in [4.69, 9.17) is 26.8 Å². The highest BCUT2D eigenvalue weighted by Gasteiger charge is 2.32. The lowest BCUT2D eigenvalue weighted by Gasteiger charge is -2.14. The van der Waals surface area contributed by atoms with Crippen molar-refractivity contribution in [3.8, 4) is 28.4 Å². The van der Waals surface area contributed by atoms with Crippen LogP contribution in [-0.2, 0) is 11.3 Å². The summed E-state index contributed by atoms with van der Waals surface area (Å²) in [7, 11) is 1.63. The van der Waals surface area contributed by atoms with Crippen LogP contribution in [0.3, 0.4) is 0 Å². The molecule has 5 rings (SSSR count). The molecule has 0 bridgehead atoms. The van der Waals surface area contributed by atoms with E-state index >= 15 is 0 Å². The molecule has 1 aliphatic heterocycles. The predicted octanol–water partition coefficient (Wildman–Crippen LogP) is 6.74. The van der Waals surface area contributed by atoms with Crippen molar-refractivity contribution < 1.29 is 14.3 Å². The van der Waals surface area contributed by atoms with E-state index in [1.54, 1.807) is 12.0 Å². The van der Waals surface area contributed by atoms with Gasteiger partial charge < -0.3 is 9.47 Å². The van der Waals surface area contributed by atoms with Gasteiger partial charge in [-0.3, -0.25) is 9.69 Å². The number of thiocarbonyl (C=S) groups is 1. The average Bonchev–Trinajstić information content (AvgIpc) is 3.46. The van der Waals surface area contributed by atoms with Gasteiger partial charge >= 0.3 is 0 Å². The van der Waals surface area contributed by atoms with Gasteiger partial charge in [-0.2, -0.15) is 5.10 Å². The third kappa shape index (κ3) is 5.66. The minimum Gasteiger partial charge on any atom is -0.497 e. The lowest BCUT2D eigenvalue weighted by atomic mass is 10.1. The molecular formula is C30H27N3O3S2. The van der Waals surface area contributed by atoms with Crippen LogP contribution in [0.5, 0.6) is 11.5 Å². The Labute approximate surface area is 231 Å². The van der Waals surface area contributed by atoms with Crippen LogP contribution in [0.2, 0.25) is 0 Å². The van der Waals surface area contributed by atoms with Crippen LogP contribution in [0.15, 0.2) is 90.0 Å². The molecule has 38 heavy (non-hydrogen) atoms. The number of carbonyl (C=O) groups is 1. The molecule has 6 nitrogen and oxygen atoms in total. The summed E-state index contributed by atoms with van der Waals surface area (Å²) in [6.45, 7) is 4.40. The zero-order chi connectivity index (χ0) is 26.6. The summed E-state index contributed by atoms with van der Waals surface area (Å²) >= 11 is 6.89. The van der Waals surface area contributed by atoms with Gasteiger partial charge in [0.2, 0.25) is 0 Å². The Morgan fingerprint density at radius 2 is 1.66 bits per heavy atom. The Hall–Kier alpha value is -3.88. The molecule has 8 heteroatoms. The van der Waals surface area contributed by atoms with Gasteiger partial charge in [-0.25, -0.2) is 4.68 Å². The molecule has 4 aromatic rings. The molecular weight excluding hydrogens is 514 g/mol. The topological polar surface area (TPSA) is 56.6 Å². The fourth-order valence-electron chi connectivity index (χ4n) is 4.08. The van der Waals surface area contributed by atoms with E-state index in [0.29, 0.717) is 15.8 Å². The zero-order valence-corrected chi connectivity index (χ0v) is 23.0. The van der Waals surface area contributed by atoms with Crippen LogP contribution in [0.4, 0.5) is 0 Å². The lowest BCUT2D eigenvalue weighted by Crippen LogP contribution is -2.27. The molecule has 1 amide bonds. The molecule has 0 aliphatic carbocycles. The molecule has 0 unspecified atom stereocenters. The number of carbonyl (C=O) groups excluding carboxylic acids is 1. The summed E-state index contributed by atoms with van der Waals surface area (Å²) in [6.07, 6.45) is 3.92. The van der Waals surface area contributed by atoms with Crippen LogP contribution in [-0.4, -0.2) is 38.1 Å². The van der Waals surface area contributed by atoms with Crippen LogP contribution < -0.4 is 9.47 Å². The Morgan fingerprint density at radius 3 is 2.32 bits per heavy atom. The van der Waals surface area contributed by atoms with E-state index in [0.717, 1.165) is 39.6 Å². The summed E-state index contributed by atoms with van der Waals surface area (Å²) in [5.74, 6) is 1.45. The smallest absolute Gasteiger partial charge is 0.266 e. The summed E-state index contributed by atoms with van der Waals surface area (Å²) in [5, 5.41) is 4.88. The Bertz CT molecular complexity index is 1480. The average molecular weight is 542 g/mol. The molecule has 0 N–H and O–H groups in total. The summed E-state index contributed by atoms with van der Waals surface area (Å²) in [5.41, 5.74) is 4.43. The minimum atomic E-state index is -0.116. The first-order chi connectivity index (χ1) is 18.4. The van der Waals surface area contributed by atoms with Crippen molar-refractivity contribution in [2.45, 2.75) is 26.5 Å². The quantitative estimate of drug-likeness (QED) is 0.182. The molecule has 0 atom stereocenters. The molecule has 0 saturated carbocycles. The largest absolute Gasteiger partial charge is 0.497 e. The van der Waals surface area contributed by atoms with Gasteiger partial charge in [0.1, 0.15) is 15.8 Å². The van der Waals surface area contributed by atoms with Crippen molar-refractivity contribution in [1.82, 2.24) is 14.7 Å². The monoisotopic (exact) mass is 541 g/mol. The maximum atomic E-state index is 13.4. The molecule has 192 valence electrons. The van der Waals surface area contributed by atoms with Gasteiger partial charge in [0.15, 0.2) is 0 Å². The van der Waals surface area contributed by atoms with Crippen LogP contribution in [0.1, 0.15) is 25.0 Å². The highest BCUT2D eigenvalue weighted by atomic mass is 32.2. The second-order valence-electron chi connectivity index (χ2n) is 9.02. The molecule has 1 saturated heterocycles. The van der Waals surface area contributed by atoms with E-state index in [1.807, 2.05) is 110 Å². The summed E-state index contributed by atoms with van der Waals surface area (Å²) in [4.78, 5) is 15.6. The minimum absolute atomic E-state index is 0.0912. The highest BCUT2D eigenvalue weighted by molar-refractivity contribution is 8.26. The standard InChI is InChI=1S/C30H27N3O3S2/c1-20(2)36-26-15-11-22(12-16-26)28-23(19-33(31-28)24-7-5-4-6-8-24)17-27-29(34)32(30(37)38-27)18-21-9-13-25(35-3)14-10-21/h4-17,19-20H,18H2,1-3H3/b27-17-. The van der Waals surface area contributed by atoms with Crippen molar-refractivity contribution >= 4 is 40.3 Å². The number of para-hydroxylation sites is 1. The van der Waals surface area contributed by atoms with Crippen molar-refractivity contribution in [3.63, 3.8) is 0 Å². The van der Waals surface area contributed by atoms with E-state index in [2.05, 4.69) is 0 Å². The fourth-order valence-corrected chi connectivity index (χ4v) is 5.33. The molecule has 1 aliphatic rings. The first-order valence-electron chi connectivity index (χ1n) is 12.2. The van der Waals surface area contributed by atoms with Gasteiger partial charge in [0, 0.05) is 17.3 Å². The van der Waals surface area contributed by atoms with Crippen LogP contribution >= 0.6 is 24.0 Å². The second-order valence-corrected chi connectivity index (χ2v) is 10.7. The van der Waals surface area contributed by atoms with Gasteiger partial charge in [0.25, 0.3) is 5.91 Å². The van der Waals surface area contributed by atoms with E-state index in [1.165, 1.54) is 11.8 Å². The Balaban J connectivity index is 1.47. The van der Waals surface area contributed by atoms with E-state index in [9.17, 15) is 4.79 Å². The Morgan fingerprint density at radius 1 is 0.974 bits per heavy atom. The SMILES string of the molecule is COc1ccc(CN2C(=O)/C(=C/c3cn(-c4ccccc4)nc3-c3ccc(OC(C)C)cc3)SC2=S)cc1. The van der Waals surface area contributed by atoms with Crippen LogP contribution in [0.25, 0.3) is 23.0 Å². The molecule has 1 fully saturated rings. The Kier molecular flexibility index (Phi) is 7.62. The normalized spacial score (nSPS) is 14.5. The summed E-state index contributed by atoms with van der Waals surface area (Å²) in [6, 6.07) is 25.4. The molecule has 0 radical (unpaired) electrons. The second kappa shape index (κ2) is 11.2. The maximum absolute atomic E-state index is 13.4. The molecule has 3 aromatic carbocycles. The number of benzene rings is 3. The van der Waals surface area contributed by atoms with Crippen molar-refractivity contribution in [1.29, 1.82) is 0 Å². The van der Waals surface area contributed by atoms with Gasteiger partial charge in [-0.1, -0.05) is 54.3 Å². The molecule has 0 spiro atoms. The van der Waals surface area contributed by atoms with Gasteiger partial charge in [-0.05, 0) is 74.0 Å². The van der Waals surface area contributed by atoms with Crippen molar-refractivity contribution in [2.24, 2.45) is 0 Å². The number of methoxy groups -OCH3 is 1. The highest BCUT2D eigenvalue weighted by Crippen LogP contribution is 2.36.